The van der Waals surface area contributed by atoms with Crippen LogP contribution >= 0.6 is 0 Å². The molecule has 18 heavy (non-hydrogen) atoms. The number of carbonyl (C=O) groups excluding carboxylic acids is 1. The SMILES string of the molecule is CC(C)(C)OC(=O)N1C[C@H]2CCC[C@@H]2[C@@H]1C(=O)O. The average Bonchev–Trinajstić information content (AvgIpc) is 2.70. The molecule has 2 aliphatic rings. The molecular weight excluding hydrogens is 234 g/mol. The standard InChI is InChI=1S/C13H21NO4/c1-13(2,3)18-12(17)14-7-8-5-4-6-9(8)10(14)11(15)16/h8-10H,4-7H2,1-3H3,(H,15,16)/t8-,9+,10-/m1/s1. The highest BCUT2D eigenvalue weighted by Crippen LogP contribution is 2.42. The smallest absolute Gasteiger partial charge is 0.411 e. The highest BCUT2D eigenvalue weighted by atomic mass is 16.6. The van der Waals surface area contributed by atoms with Gasteiger partial charge < -0.3 is 9.84 Å². The third kappa shape index (κ3) is 2.44. The average molecular weight is 255 g/mol. The molecule has 102 valence electrons. The first-order valence-electron chi connectivity index (χ1n) is 6.52. The number of ether oxygens (including phenoxy) is 1. The molecule has 5 nitrogen and oxygen atoms in total. The Hall–Kier alpha value is -1.26. The van der Waals surface area contributed by atoms with Crippen molar-refractivity contribution in [3.05, 3.63) is 0 Å². The second-order valence-corrected chi connectivity index (χ2v) is 6.27. The fraction of sp³-hybridized carbons (Fsp3) is 0.846. The van der Waals surface area contributed by atoms with Crippen molar-refractivity contribution in [3.8, 4) is 0 Å². The van der Waals surface area contributed by atoms with Gasteiger partial charge in [-0.2, -0.15) is 0 Å². The molecule has 1 amide bonds. The van der Waals surface area contributed by atoms with Gasteiger partial charge in [-0.3, -0.25) is 4.90 Å². The lowest BCUT2D eigenvalue weighted by Crippen LogP contribution is -2.45. The molecule has 1 aliphatic carbocycles. The Balaban J connectivity index is 2.12. The Labute approximate surface area is 107 Å². The summed E-state index contributed by atoms with van der Waals surface area (Å²) in [5.74, 6) is -0.469. The van der Waals surface area contributed by atoms with Crippen molar-refractivity contribution in [2.24, 2.45) is 11.8 Å². The minimum atomic E-state index is -0.907. The maximum atomic E-state index is 12.0. The van der Waals surface area contributed by atoms with Gasteiger partial charge in [0.1, 0.15) is 11.6 Å². The predicted octanol–water partition coefficient (Wildman–Crippen LogP) is 2.11. The highest BCUT2D eigenvalue weighted by molar-refractivity contribution is 5.81. The summed E-state index contributed by atoms with van der Waals surface area (Å²) >= 11 is 0. The molecule has 0 aromatic carbocycles. The van der Waals surface area contributed by atoms with Gasteiger partial charge in [0, 0.05) is 6.54 Å². The van der Waals surface area contributed by atoms with Crippen molar-refractivity contribution in [1.29, 1.82) is 0 Å². The van der Waals surface area contributed by atoms with Gasteiger partial charge in [-0.25, -0.2) is 9.59 Å². The summed E-state index contributed by atoms with van der Waals surface area (Å²) in [6, 6.07) is -0.702. The Morgan fingerprint density at radius 1 is 1.28 bits per heavy atom. The molecule has 1 N–H and O–H groups in total. The second kappa shape index (κ2) is 4.44. The zero-order chi connectivity index (χ0) is 13.5. The Bertz CT molecular complexity index is 360. The Morgan fingerprint density at radius 2 is 1.94 bits per heavy atom. The molecule has 2 rings (SSSR count). The first-order chi connectivity index (χ1) is 8.29. The van der Waals surface area contributed by atoms with E-state index >= 15 is 0 Å². The maximum absolute atomic E-state index is 12.0. The van der Waals surface area contributed by atoms with Gasteiger partial charge in [-0.15, -0.1) is 0 Å². The molecule has 0 unspecified atom stereocenters. The van der Waals surface area contributed by atoms with E-state index in [-0.39, 0.29) is 5.92 Å². The van der Waals surface area contributed by atoms with Crippen LogP contribution in [0.3, 0.4) is 0 Å². The molecule has 3 atom stereocenters. The Morgan fingerprint density at radius 3 is 2.50 bits per heavy atom. The van der Waals surface area contributed by atoms with Gasteiger partial charge in [0.2, 0.25) is 0 Å². The summed E-state index contributed by atoms with van der Waals surface area (Å²) in [5, 5.41) is 9.33. The molecule has 1 heterocycles. The molecule has 0 radical (unpaired) electrons. The number of carboxylic acids is 1. The van der Waals surface area contributed by atoms with Crippen LogP contribution in [0.25, 0.3) is 0 Å². The molecule has 0 spiro atoms. The van der Waals surface area contributed by atoms with E-state index in [1.165, 1.54) is 4.90 Å². The number of rotatable bonds is 1. The minimum Gasteiger partial charge on any atom is -0.480 e. The number of carbonyl (C=O) groups is 2. The van der Waals surface area contributed by atoms with Crippen LogP contribution in [0.4, 0.5) is 4.79 Å². The number of hydrogen-bond acceptors (Lipinski definition) is 3. The lowest BCUT2D eigenvalue weighted by atomic mass is 9.94. The molecule has 1 saturated carbocycles. The van der Waals surface area contributed by atoms with Gasteiger partial charge in [0.15, 0.2) is 0 Å². The second-order valence-electron chi connectivity index (χ2n) is 6.27. The van der Waals surface area contributed by atoms with Gasteiger partial charge in [0.25, 0.3) is 0 Å². The first kappa shape index (κ1) is 13.2. The predicted molar refractivity (Wildman–Crippen MR) is 65.2 cm³/mol. The summed E-state index contributed by atoms with van der Waals surface area (Å²) in [4.78, 5) is 24.8. The lowest BCUT2D eigenvalue weighted by molar-refractivity contribution is -0.143. The van der Waals surface area contributed by atoms with E-state index < -0.39 is 23.7 Å². The lowest BCUT2D eigenvalue weighted by Gasteiger charge is -2.28. The molecule has 5 heteroatoms. The quantitative estimate of drug-likeness (QED) is 0.779. The highest BCUT2D eigenvalue weighted by Gasteiger charge is 2.50. The number of carboxylic acid groups (broad SMARTS) is 1. The largest absolute Gasteiger partial charge is 0.480 e. The topological polar surface area (TPSA) is 66.8 Å². The van der Waals surface area contributed by atoms with Gasteiger partial charge in [-0.1, -0.05) is 6.42 Å². The van der Waals surface area contributed by atoms with Crippen LogP contribution in [0, 0.1) is 11.8 Å². The molecule has 2 fully saturated rings. The van der Waals surface area contributed by atoms with Crippen molar-refractivity contribution in [1.82, 2.24) is 4.90 Å². The van der Waals surface area contributed by atoms with Crippen LogP contribution in [0.15, 0.2) is 0 Å². The van der Waals surface area contributed by atoms with E-state index in [9.17, 15) is 14.7 Å². The zero-order valence-corrected chi connectivity index (χ0v) is 11.2. The van der Waals surface area contributed by atoms with E-state index in [1.807, 2.05) is 0 Å². The summed E-state index contributed by atoms with van der Waals surface area (Å²) < 4.78 is 5.29. The van der Waals surface area contributed by atoms with E-state index in [2.05, 4.69) is 0 Å². The van der Waals surface area contributed by atoms with Crippen molar-refractivity contribution < 1.29 is 19.4 Å². The van der Waals surface area contributed by atoms with Crippen molar-refractivity contribution in [3.63, 3.8) is 0 Å². The van der Waals surface area contributed by atoms with Gasteiger partial charge in [0.05, 0.1) is 0 Å². The molecule has 0 aromatic heterocycles. The van der Waals surface area contributed by atoms with Crippen LogP contribution in [0.1, 0.15) is 40.0 Å². The summed E-state index contributed by atoms with van der Waals surface area (Å²) in [5.41, 5.74) is -0.585. The third-order valence-corrected chi connectivity index (χ3v) is 3.77. The number of hydrogen-bond donors (Lipinski definition) is 1. The summed E-state index contributed by atoms with van der Waals surface area (Å²) in [7, 11) is 0. The number of nitrogens with zero attached hydrogens (tertiary/aromatic N) is 1. The van der Waals surface area contributed by atoms with Crippen LogP contribution in [0.2, 0.25) is 0 Å². The molecule has 0 aromatic rings. The minimum absolute atomic E-state index is 0.106. The van der Waals surface area contributed by atoms with Crippen LogP contribution < -0.4 is 0 Å². The van der Waals surface area contributed by atoms with E-state index in [4.69, 9.17) is 4.74 Å². The van der Waals surface area contributed by atoms with Crippen molar-refractivity contribution in [2.75, 3.05) is 6.54 Å². The van der Waals surface area contributed by atoms with E-state index in [1.54, 1.807) is 20.8 Å². The number of aliphatic carboxylic acids is 1. The fourth-order valence-electron chi connectivity index (χ4n) is 3.13. The monoisotopic (exact) mass is 255 g/mol. The van der Waals surface area contributed by atoms with Gasteiger partial charge in [-0.05, 0) is 45.4 Å². The summed E-state index contributed by atoms with van der Waals surface area (Å²) in [6.45, 7) is 5.89. The van der Waals surface area contributed by atoms with E-state index in [0.29, 0.717) is 12.5 Å². The number of likely N-dealkylation sites (tertiary alicyclic amines) is 1. The van der Waals surface area contributed by atoms with Crippen LogP contribution in [0.5, 0.6) is 0 Å². The third-order valence-electron chi connectivity index (χ3n) is 3.77. The summed E-state index contributed by atoms with van der Waals surface area (Å²) in [6.07, 6.45) is 2.50. The normalized spacial score (nSPS) is 31.3. The van der Waals surface area contributed by atoms with Crippen molar-refractivity contribution in [2.45, 2.75) is 51.7 Å². The number of fused-ring (bicyclic) bond motifs is 1. The molecule has 0 bridgehead atoms. The van der Waals surface area contributed by atoms with Gasteiger partial charge >= 0.3 is 12.1 Å². The van der Waals surface area contributed by atoms with Crippen molar-refractivity contribution >= 4 is 12.1 Å². The Kier molecular flexibility index (Phi) is 3.25. The maximum Gasteiger partial charge on any atom is 0.411 e. The van der Waals surface area contributed by atoms with E-state index in [0.717, 1.165) is 19.3 Å². The molecule has 1 saturated heterocycles. The molecule has 1 aliphatic heterocycles. The van der Waals surface area contributed by atoms with Crippen LogP contribution in [-0.2, 0) is 9.53 Å². The number of amides is 1. The molecular formula is C13H21NO4. The van der Waals surface area contributed by atoms with Crippen LogP contribution in [-0.4, -0.2) is 40.3 Å². The zero-order valence-electron chi connectivity index (χ0n) is 11.2. The first-order valence-corrected chi connectivity index (χ1v) is 6.52. The fourth-order valence-corrected chi connectivity index (χ4v) is 3.13.